The lowest BCUT2D eigenvalue weighted by Gasteiger charge is -2.48. The van der Waals surface area contributed by atoms with Gasteiger partial charge in [-0.1, -0.05) is 20.3 Å². The monoisotopic (exact) mass is 253 g/mol. The molecular weight excluding hydrogens is 222 g/mol. The Balaban J connectivity index is 2.05. The van der Waals surface area contributed by atoms with Crippen molar-refractivity contribution in [1.82, 2.24) is 15.1 Å². The van der Waals surface area contributed by atoms with Crippen LogP contribution in [-0.2, 0) is 0 Å². The second-order valence-corrected chi connectivity index (χ2v) is 6.91. The Morgan fingerprint density at radius 3 is 2.56 bits per heavy atom. The van der Waals surface area contributed by atoms with Crippen LogP contribution in [0, 0.1) is 5.41 Å². The van der Waals surface area contributed by atoms with Gasteiger partial charge < -0.3 is 10.2 Å². The molecule has 2 fully saturated rings. The van der Waals surface area contributed by atoms with E-state index in [2.05, 4.69) is 43.1 Å². The summed E-state index contributed by atoms with van der Waals surface area (Å²) in [6, 6.07) is 1.39. The topological polar surface area (TPSA) is 18.5 Å². The zero-order valence-corrected chi connectivity index (χ0v) is 12.7. The first-order valence-corrected chi connectivity index (χ1v) is 7.64. The molecule has 106 valence electrons. The van der Waals surface area contributed by atoms with Crippen molar-refractivity contribution < 1.29 is 0 Å². The minimum atomic E-state index is 0.440. The van der Waals surface area contributed by atoms with Gasteiger partial charge in [0.15, 0.2) is 0 Å². The van der Waals surface area contributed by atoms with Crippen molar-refractivity contribution in [1.29, 1.82) is 0 Å². The van der Waals surface area contributed by atoms with Gasteiger partial charge in [0.1, 0.15) is 0 Å². The molecule has 0 radical (unpaired) electrons. The van der Waals surface area contributed by atoms with Crippen LogP contribution in [0.4, 0.5) is 0 Å². The lowest BCUT2D eigenvalue weighted by Crippen LogP contribution is -2.58. The molecule has 1 aliphatic heterocycles. The van der Waals surface area contributed by atoms with E-state index >= 15 is 0 Å². The van der Waals surface area contributed by atoms with E-state index in [0.717, 1.165) is 6.04 Å². The molecule has 0 amide bonds. The summed E-state index contributed by atoms with van der Waals surface area (Å²) < 4.78 is 0. The largest absolute Gasteiger partial charge is 0.315 e. The zero-order valence-electron chi connectivity index (χ0n) is 12.7. The van der Waals surface area contributed by atoms with E-state index in [1.54, 1.807) is 0 Å². The maximum atomic E-state index is 3.62. The Bertz CT molecular complexity index is 264. The Morgan fingerprint density at radius 2 is 1.83 bits per heavy atom. The molecule has 1 heterocycles. The number of hydrogen-bond donors (Lipinski definition) is 1. The molecule has 3 heteroatoms. The van der Waals surface area contributed by atoms with E-state index < -0.39 is 0 Å². The highest BCUT2D eigenvalue weighted by Gasteiger charge is 2.40. The Hall–Kier alpha value is -0.120. The van der Waals surface area contributed by atoms with E-state index in [1.807, 2.05) is 0 Å². The highest BCUT2D eigenvalue weighted by molar-refractivity contribution is 4.98. The molecule has 1 aliphatic carbocycles. The molecule has 2 unspecified atom stereocenters. The first-order valence-electron chi connectivity index (χ1n) is 7.64. The standard InChI is InChI=1S/C15H31N3/c1-15(2)8-5-7-13(14(15)16-3)18-10-6-9-17(4)11-12-18/h13-14,16H,5-12H2,1-4H3. The summed E-state index contributed by atoms with van der Waals surface area (Å²) in [5.41, 5.74) is 0.440. The Morgan fingerprint density at radius 1 is 1.06 bits per heavy atom. The fourth-order valence-electron chi connectivity index (χ4n) is 3.98. The van der Waals surface area contributed by atoms with Crippen LogP contribution >= 0.6 is 0 Å². The molecule has 0 spiro atoms. The van der Waals surface area contributed by atoms with Gasteiger partial charge in [-0.15, -0.1) is 0 Å². The van der Waals surface area contributed by atoms with Gasteiger partial charge >= 0.3 is 0 Å². The molecule has 0 aromatic carbocycles. The first-order chi connectivity index (χ1) is 8.54. The summed E-state index contributed by atoms with van der Waals surface area (Å²) in [6.45, 7) is 9.89. The van der Waals surface area contributed by atoms with Gasteiger partial charge in [0.2, 0.25) is 0 Å². The molecule has 18 heavy (non-hydrogen) atoms. The average molecular weight is 253 g/mol. The van der Waals surface area contributed by atoms with Gasteiger partial charge in [0.05, 0.1) is 0 Å². The molecule has 1 saturated carbocycles. The first kappa shape index (κ1) is 14.3. The summed E-state index contributed by atoms with van der Waals surface area (Å²) in [7, 11) is 4.40. The quantitative estimate of drug-likeness (QED) is 0.809. The van der Waals surface area contributed by atoms with E-state index in [0.29, 0.717) is 11.5 Å². The van der Waals surface area contributed by atoms with Crippen molar-refractivity contribution in [2.75, 3.05) is 40.3 Å². The summed E-state index contributed by atoms with van der Waals surface area (Å²) >= 11 is 0. The van der Waals surface area contributed by atoms with Crippen molar-refractivity contribution in [2.45, 2.75) is 51.6 Å². The third-order valence-electron chi connectivity index (χ3n) is 5.08. The van der Waals surface area contributed by atoms with Gasteiger partial charge in [-0.25, -0.2) is 0 Å². The molecule has 1 saturated heterocycles. The van der Waals surface area contributed by atoms with E-state index in [-0.39, 0.29) is 0 Å². The number of nitrogens with one attached hydrogen (secondary N) is 1. The minimum absolute atomic E-state index is 0.440. The van der Waals surface area contributed by atoms with Crippen LogP contribution in [0.2, 0.25) is 0 Å². The van der Waals surface area contributed by atoms with Gasteiger partial charge in [0.25, 0.3) is 0 Å². The number of nitrogens with zero attached hydrogens (tertiary/aromatic N) is 2. The summed E-state index contributed by atoms with van der Waals surface area (Å²) in [5, 5.41) is 3.62. The second kappa shape index (κ2) is 5.89. The van der Waals surface area contributed by atoms with Crippen molar-refractivity contribution in [2.24, 2.45) is 5.41 Å². The average Bonchev–Trinajstić information content (AvgIpc) is 2.52. The summed E-state index contributed by atoms with van der Waals surface area (Å²) in [6.07, 6.45) is 5.45. The smallest absolute Gasteiger partial charge is 0.0271 e. The number of rotatable bonds is 2. The Kier molecular flexibility index (Phi) is 4.68. The van der Waals surface area contributed by atoms with E-state index in [9.17, 15) is 0 Å². The molecule has 0 aromatic rings. The van der Waals surface area contributed by atoms with Gasteiger partial charge in [-0.3, -0.25) is 4.90 Å². The third kappa shape index (κ3) is 3.06. The molecule has 0 bridgehead atoms. The lowest BCUT2D eigenvalue weighted by molar-refractivity contribution is 0.0545. The van der Waals surface area contributed by atoms with Gasteiger partial charge in [-0.05, 0) is 51.9 Å². The predicted octanol–water partition coefficient (Wildman–Crippen LogP) is 1.79. The third-order valence-corrected chi connectivity index (χ3v) is 5.08. The van der Waals surface area contributed by atoms with Crippen LogP contribution in [0.3, 0.4) is 0 Å². The molecule has 2 atom stereocenters. The molecular formula is C15H31N3. The fourth-order valence-corrected chi connectivity index (χ4v) is 3.98. The highest BCUT2D eigenvalue weighted by Crippen LogP contribution is 2.37. The lowest BCUT2D eigenvalue weighted by atomic mass is 9.70. The SMILES string of the molecule is CNC1C(N2CCCN(C)CC2)CCCC1(C)C. The van der Waals surface area contributed by atoms with Crippen molar-refractivity contribution in [3.8, 4) is 0 Å². The zero-order chi connectivity index (χ0) is 13.2. The predicted molar refractivity (Wildman–Crippen MR) is 78.0 cm³/mol. The van der Waals surface area contributed by atoms with Crippen LogP contribution in [0.1, 0.15) is 39.5 Å². The van der Waals surface area contributed by atoms with Crippen LogP contribution in [-0.4, -0.2) is 62.2 Å². The van der Waals surface area contributed by atoms with Crippen molar-refractivity contribution >= 4 is 0 Å². The van der Waals surface area contributed by atoms with Gasteiger partial charge in [-0.2, -0.15) is 0 Å². The minimum Gasteiger partial charge on any atom is -0.315 e. The molecule has 1 N–H and O–H groups in total. The van der Waals surface area contributed by atoms with Crippen LogP contribution in [0.25, 0.3) is 0 Å². The Labute approximate surface area is 113 Å². The van der Waals surface area contributed by atoms with Crippen molar-refractivity contribution in [3.63, 3.8) is 0 Å². The van der Waals surface area contributed by atoms with Crippen LogP contribution < -0.4 is 5.32 Å². The highest BCUT2D eigenvalue weighted by atomic mass is 15.2. The maximum absolute atomic E-state index is 3.62. The van der Waals surface area contributed by atoms with Gasteiger partial charge in [0, 0.05) is 25.2 Å². The molecule has 2 aliphatic rings. The molecule has 0 aromatic heterocycles. The number of hydrogen-bond acceptors (Lipinski definition) is 3. The summed E-state index contributed by atoms with van der Waals surface area (Å²) in [5.74, 6) is 0. The maximum Gasteiger partial charge on any atom is 0.0271 e. The van der Waals surface area contributed by atoms with Crippen LogP contribution in [0.15, 0.2) is 0 Å². The van der Waals surface area contributed by atoms with E-state index in [1.165, 1.54) is 51.9 Å². The van der Waals surface area contributed by atoms with Crippen LogP contribution in [0.5, 0.6) is 0 Å². The van der Waals surface area contributed by atoms with Crippen molar-refractivity contribution in [3.05, 3.63) is 0 Å². The van der Waals surface area contributed by atoms with E-state index in [4.69, 9.17) is 0 Å². The molecule has 2 rings (SSSR count). The summed E-state index contributed by atoms with van der Waals surface area (Å²) in [4.78, 5) is 5.23. The molecule has 3 nitrogen and oxygen atoms in total. The number of likely N-dealkylation sites (N-methyl/N-ethyl adjacent to an activating group) is 2. The second-order valence-electron chi connectivity index (χ2n) is 6.91. The fraction of sp³-hybridized carbons (Fsp3) is 1.00. The normalized spacial score (nSPS) is 35.3.